The maximum absolute atomic E-state index is 6.32. The lowest BCUT2D eigenvalue weighted by molar-refractivity contribution is 0.669. The predicted octanol–water partition coefficient (Wildman–Crippen LogP) is 11.3. The monoisotopic (exact) mass is 580 g/mol. The normalized spacial score (nSPS) is 12.6. The predicted molar refractivity (Wildman–Crippen MR) is 183 cm³/mol. The number of rotatable bonds is 2. The quantitative estimate of drug-likeness (QED) is 0.191. The lowest BCUT2D eigenvalue weighted by Gasteiger charge is -2.22. The Morgan fingerprint density at radius 2 is 1.16 bits per heavy atom. The first-order valence-corrected chi connectivity index (χ1v) is 15.7. The smallest absolute Gasteiger partial charge is 0.136 e. The fraction of sp³-hybridized carbons (Fsp3) is 0.0250. The van der Waals surface area contributed by atoms with E-state index in [9.17, 15) is 0 Å². The minimum atomic E-state index is 0.914. The molecular formula is C40H24N2OS. The summed E-state index contributed by atoms with van der Waals surface area (Å²) in [7, 11) is 0. The van der Waals surface area contributed by atoms with Gasteiger partial charge in [-0.1, -0.05) is 96.7 Å². The second kappa shape index (κ2) is 8.85. The molecule has 0 saturated carbocycles. The zero-order valence-corrected chi connectivity index (χ0v) is 24.7. The van der Waals surface area contributed by atoms with Crippen LogP contribution in [-0.2, 0) is 0 Å². The van der Waals surface area contributed by atoms with E-state index < -0.39 is 0 Å². The van der Waals surface area contributed by atoms with E-state index in [1.165, 1.54) is 59.2 Å². The molecule has 0 aliphatic carbocycles. The van der Waals surface area contributed by atoms with Gasteiger partial charge in [0.1, 0.15) is 17.0 Å². The zero-order chi connectivity index (χ0) is 28.9. The molecule has 7 aromatic carbocycles. The van der Waals surface area contributed by atoms with Crippen molar-refractivity contribution in [2.45, 2.75) is 16.7 Å². The molecule has 2 aromatic heterocycles. The Labute approximate surface area is 257 Å². The molecule has 0 radical (unpaired) electrons. The number of nitrogens with zero attached hydrogens (tertiary/aromatic N) is 2. The van der Waals surface area contributed by atoms with Crippen LogP contribution in [0.25, 0.3) is 82.5 Å². The van der Waals surface area contributed by atoms with Gasteiger partial charge in [-0.15, -0.1) is 0 Å². The van der Waals surface area contributed by atoms with E-state index in [1.54, 1.807) is 0 Å². The van der Waals surface area contributed by atoms with Crippen molar-refractivity contribution < 1.29 is 4.42 Å². The first kappa shape index (κ1) is 24.2. The van der Waals surface area contributed by atoms with Crippen LogP contribution in [0.5, 0.6) is 0 Å². The summed E-state index contributed by atoms with van der Waals surface area (Å²) in [5, 5.41) is 7.26. The highest BCUT2D eigenvalue weighted by molar-refractivity contribution is 7.99. The van der Waals surface area contributed by atoms with Crippen LogP contribution in [-0.4, -0.2) is 9.55 Å². The third kappa shape index (κ3) is 3.26. The third-order valence-electron chi connectivity index (χ3n) is 9.12. The van der Waals surface area contributed by atoms with Crippen molar-refractivity contribution in [2.24, 2.45) is 0 Å². The van der Waals surface area contributed by atoms with Gasteiger partial charge in [0.2, 0.25) is 0 Å². The summed E-state index contributed by atoms with van der Waals surface area (Å²) in [5.74, 6) is 1.02. The van der Waals surface area contributed by atoms with Crippen LogP contribution < -0.4 is 0 Å². The minimum absolute atomic E-state index is 0.914. The highest BCUT2D eigenvalue weighted by Crippen LogP contribution is 2.48. The molecule has 0 spiro atoms. The van der Waals surface area contributed by atoms with Crippen LogP contribution in [0.2, 0.25) is 0 Å². The van der Waals surface area contributed by atoms with E-state index in [0.29, 0.717) is 0 Å². The lowest BCUT2D eigenvalue weighted by Crippen LogP contribution is -2.03. The molecule has 1 aliphatic rings. The molecule has 0 amide bonds. The summed E-state index contributed by atoms with van der Waals surface area (Å²) in [5.41, 5.74) is 10.2. The van der Waals surface area contributed by atoms with E-state index in [4.69, 9.17) is 9.40 Å². The Morgan fingerprint density at radius 1 is 0.545 bits per heavy atom. The molecule has 9 aromatic rings. The molecular weight excluding hydrogens is 557 g/mol. The highest BCUT2D eigenvalue weighted by atomic mass is 32.2. The van der Waals surface area contributed by atoms with Crippen molar-refractivity contribution in [3.05, 3.63) is 133 Å². The molecule has 0 atom stereocenters. The second-order valence-corrected chi connectivity index (χ2v) is 12.6. The van der Waals surface area contributed by atoms with Gasteiger partial charge < -0.3 is 4.42 Å². The molecule has 0 fully saturated rings. The topological polar surface area (TPSA) is 31.0 Å². The fourth-order valence-electron chi connectivity index (χ4n) is 7.28. The molecule has 4 heteroatoms. The largest absolute Gasteiger partial charge is 0.456 e. The van der Waals surface area contributed by atoms with E-state index in [1.807, 2.05) is 23.9 Å². The molecule has 206 valence electrons. The standard InChI is InChI=1S/C40H24N2OS/c1-23-41-32-14-8-16-36-40(32)42(23)33-20-18-25(22-37(33)44-36)39-30-12-4-2-10-28(30)38(29-11-3-5-13-31(29)39)24-17-19-27-26-9-6-7-15-34(26)43-35(27)21-24/h2-22H,1H3. The average molecular weight is 581 g/mol. The Kier molecular flexibility index (Phi) is 4.86. The van der Waals surface area contributed by atoms with Gasteiger partial charge in [0.15, 0.2) is 0 Å². The van der Waals surface area contributed by atoms with Crippen LogP contribution >= 0.6 is 11.8 Å². The van der Waals surface area contributed by atoms with Crippen molar-refractivity contribution >= 4 is 66.3 Å². The maximum atomic E-state index is 6.32. The van der Waals surface area contributed by atoms with E-state index in [2.05, 4.69) is 127 Å². The number of hydrogen-bond donors (Lipinski definition) is 0. The number of fused-ring (bicyclic) bond motifs is 7. The molecule has 10 rings (SSSR count). The number of furan rings is 1. The van der Waals surface area contributed by atoms with Crippen molar-refractivity contribution in [1.82, 2.24) is 9.55 Å². The minimum Gasteiger partial charge on any atom is -0.456 e. The number of para-hydroxylation sites is 2. The van der Waals surface area contributed by atoms with Gasteiger partial charge in [-0.25, -0.2) is 4.98 Å². The summed E-state index contributed by atoms with van der Waals surface area (Å²) in [4.78, 5) is 7.35. The van der Waals surface area contributed by atoms with Crippen LogP contribution in [0.4, 0.5) is 0 Å². The molecule has 0 unspecified atom stereocenters. The van der Waals surface area contributed by atoms with Crippen molar-refractivity contribution in [3.8, 4) is 27.9 Å². The van der Waals surface area contributed by atoms with Crippen LogP contribution in [0.15, 0.2) is 142 Å². The molecule has 0 bridgehead atoms. The van der Waals surface area contributed by atoms with Crippen LogP contribution in [0, 0.1) is 6.92 Å². The van der Waals surface area contributed by atoms with E-state index in [-0.39, 0.29) is 0 Å². The Morgan fingerprint density at radius 3 is 1.89 bits per heavy atom. The number of benzene rings is 7. The SMILES string of the molecule is Cc1nc2cccc3c2n1-c1ccc(-c2c4ccccc4c(-c4ccc5c(c4)oc4ccccc45)c4ccccc24)cc1S3. The molecule has 3 heterocycles. The summed E-state index contributed by atoms with van der Waals surface area (Å²) in [6.07, 6.45) is 0. The molecule has 3 nitrogen and oxygen atoms in total. The maximum Gasteiger partial charge on any atom is 0.136 e. The average Bonchev–Trinajstić information content (AvgIpc) is 3.61. The highest BCUT2D eigenvalue weighted by Gasteiger charge is 2.24. The summed E-state index contributed by atoms with van der Waals surface area (Å²) < 4.78 is 8.64. The zero-order valence-electron chi connectivity index (χ0n) is 23.8. The molecule has 0 saturated heterocycles. The summed E-state index contributed by atoms with van der Waals surface area (Å²) in [6.45, 7) is 2.10. The third-order valence-corrected chi connectivity index (χ3v) is 10.2. The molecule has 0 N–H and O–H groups in total. The van der Waals surface area contributed by atoms with Crippen molar-refractivity contribution in [1.29, 1.82) is 0 Å². The first-order valence-electron chi connectivity index (χ1n) is 14.9. The molecule has 1 aliphatic heterocycles. The van der Waals surface area contributed by atoms with Gasteiger partial charge in [-0.2, -0.15) is 0 Å². The van der Waals surface area contributed by atoms with E-state index >= 15 is 0 Å². The van der Waals surface area contributed by atoms with Crippen molar-refractivity contribution in [2.75, 3.05) is 0 Å². The molecule has 44 heavy (non-hydrogen) atoms. The van der Waals surface area contributed by atoms with Gasteiger partial charge in [-0.3, -0.25) is 4.57 Å². The Hall–Kier alpha value is -5.32. The second-order valence-electron chi connectivity index (χ2n) is 11.6. The number of aryl methyl sites for hydroxylation is 1. The fourth-order valence-corrected chi connectivity index (χ4v) is 8.40. The summed E-state index contributed by atoms with van der Waals surface area (Å²) >= 11 is 1.84. The van der Waals surface area contributed by atoms with Gasteiger partial charge in [0.25, 0.3) is 0 Å². The van der Waals surface area contributed by atoms with Gasteiger partial charge in [0.05, 0.1) is 16.7 Å². The van der Waals surface area contributed by atoms with Crippen molar-refractivity contribution in [3.63, 3.8) is 0 Å². The number of imidazole rings is 1. The Bertz CT molecular complexity index is 2600. The number of aromatic nitrogens is 2. The lowest BCUT2D eigenvalue weighted by atomic mass is 9.86. The van der Waals surface area contributed by atoms with Crippen LogP contribution in [0.1, 0.15) is 5.82 Å². The van der Waals surface area contributed by atoms with Gasteiger partial charge >= 0.3 is 0 Å². The summed E-state index contributed by atoms with van der Waals surface area (Å²) in [6, 6.07) is 46.0. The van der Waals surface area contributed by atoms with Crippen LogP contribution in [0.3, 0.4) is 0 Å². The van der Waals surface area contributed by atoms with E-state index in [0.717, 1.165) is 38.8 Å². The van der Waals surface area contributed by atoms with Gasteiger partial charge in [0, 0.05) is 20.6 Å². The number of hydrogen-bond acceptors (Lipinski definition) is 3. The Balaban J connectivity index is 1.23. The first-order chi connectivity index (χ1) is 21.7. The van der Waals surface area contributed by atoms with Gasteiger partial charge in [-0.05, 0) is 93.2 Å².